The summed E-state index contributed by atoms with van der Waals surface area (Å²) < 4.78 is 19.0. The Morgan fingerprint density at radius 1 is 1.07 bits per heavy atom. The van der Waals surface area contributed by atoms with Gasteiger partial charge in [0.25, 0.3) is 0 Å². The molecule has 3 saturated carbocycles. The Kier molecular flexibility index (Phi) is 9.44. The number of allylic oxidation sites excluding steroid dienone is 1. The number of methoxy groups -OCH3 is 1. The van der Waals surface area contributed by atoms with Gasteiger partial charge in [-0.2, -0.15) is 0 Å². The summed E-state index contributed by atoms with van der Waals surface area (Å²) in [6.07, 6.45) is 9.35. The van der Waals surface area contributed by atoms with Gasteiger partial charge >= 0.3 is 11.9 Å². The third-order valence-electron chi connectivity index (χ3n) is 14.9. The van der Waals surface area contributed by atoms with Crippen LogP contribution in [0.2, 0.25) is 0 Å². The number of ether oxygens (including phenoxy) is 3. The Bertz CT molecular complexity index is 1170. The van der Waals surface area contributed by atoms with Crippen molar-refractivity contribution in [1.82, 2.24) is 0 Å². The number of hydrogen-bond donors (Lipinski definition) is 3. The number of carbonyl (C=O) groups excluding carboxylic acids is 1. The van der Waals surface area contributed by atoms with Crippen LogP contribution in [0.25, 0.3) is 0 Å². The number of unbranched alkanes of at least 4 members (excludes halogenated alkanes) is 1. The van der Waals surface area contributed by atoms with Crippen molar-refractivity contribution in [1.29, 1.82) is 0 Å². The van der Waals surface area contributed by atoms with Crippen molar-refractivity contribution in [2.45, 2.75) is 125 Å². The molecule has 8 heteroatoms. The van der Waals surface area contributed by atoms with Gasteiger partial charge in [-0.1, -0.05) is 66.5 Å². The highest BCUT2D eigenvalue weighted by Crippen LogP contribution is 2.75. The molecule has 0 amide bonds. The summed E-state index contributed by atoms with van der Waals surface area (Å²) in [5, 5.41) is 10.9. The van der Waals surface area contributed by atoms with E-state index in [0.717, 1.165) is 51.4 Å². The summed E-state index contributed by atoms with van der Waals surface area (Å²) >= 11 is 0. The molecule has 12 atom stereocenters. The molecule has 1 aliphatic heterocycles. The van der Waals surface area contributed by atoms with E-state index in [4.69, 9.17) is 25.7 Å². The van der Waals surface area contributed by atoms with Gasteiger partial charge in [-0.25, -0.2) is 0 Å². The summed E-state index contributed by atoms with van der Waals surface area (Å²) in [5.74, 6) is -0.142. The Balaban J connectivity index is 1.51. The van der Waals surface area contributed by atoms with Gasteiger partial charge in [-0.15, -0.1) is 0 Å². The van der Waals surface area contributed by atoms with Crippen molar-refractivity contribution in [2.75, 3.05) is 26.9 Å². The molecule has 1 unspecified atom stereocenters. The molecule has 256 valence electrons. The Labute approximate surface area is 271 Å². The quantitative estimate of drug-likeness (QED) is 0.153. The van der Waals surface area contributed by atoms with Gasteiger partial charge < -0.3 is 30.8 Å². The van der Waals surface area contributed by atoms with Crippen LogP contribution in [0.3, 0.4) is 0 Å². The fraction of sp³-hybridized carbons (Fsp3) is 0.892. The highest BCUT2D eigenvalue weighted by molar-refractivity contribution is 5.76. The minimum Gasteiger partial charge on any atom is -0.481 e. The summed E-state index contributed by atoms with van der Waals surface area (Å²) in [6, 6.07) is -0.680. The van der Waals surface area contributed by atoms with E-state index in [0.29, 0.717) is 38.0 Å². The van der Waals surface area contributed by atoms with Crippen LogP contribution in [0.1, 0.15) is 106 Å². The summed E-state index contributed by atoms with van der Waals surface area (Å²) in [7, 11) is 1.73. The van der Waals surface area contributed by atoms with Crippen molar-refractivity contribution in [3.63, 3.8) is 0 Å². The van der Waals surface area contributed by atoms with Gasteiger partial charge in [0.05, 0.1) is 25.2 Å². The topological polar surface area (TPSA) is 134 Å². The normalized spacial score (nSPS) is 45.4. The zero-order valence-corrected chi connectivity index (χ0v) is 29.3. The average molecular weight is 631 g/mol. The lowest BCUT2D eigenvalue weighted by Gasteiger charge is -2.71. The molecule has 0 aromatic rings. The Morgan fingerprint density at radius 2 is 1.78 bits per heavy atom. The molecule has 5 N–H and O–H groups in total. The molecule has 4 fully saturated rings. The summed E-state index contributed by atoms with van der Waals surface area (Å²) in [4.78, 5) is 26.6. The monoisotopic (exact) mass is 630 g/mol. The predicted octanol–water partition coefficient (Wildman–Crippen LogP) is 5.96. The van der Waals surface area contributed by atoms with E-state index < -0.39 is 29.4 Å². The van der Waals surface area contributed by atoms with Crippen molar-refractivity contribution in [3.8, 4) is 0 Å². The molecule has 0 aromatic heterocycles. The van der Waals surface area contributed by atoms with Crippen LogP contribution >= 0.6 is 0 Å². The minimum absolute atomic E-state index is 0.147. The van der Waals surface area contributed by atoms with E-state index in [2.05, 4.69) is 54.5 Å². The second-order valence-corrected chi connectivity index (χ2v) is 17.1. The van der Waals surface area contributed by atoms with Crippen LogP contribution < -0.4 is 11.5 Å². The van der Waals surface area contributed by atoms with Crippen LogP contribution in [0.4, 0.5) is 0 Å². The fourth-order valence-electron chi connectivity index (χ4n) is 11.8. The van der Waals surface area contributed by atoms with Crippen LogP contribution in [-0.2, 0) is 23.8 Å². The van der Waals surface area contributed by atoms with Gasteiger partial charge in [0.1, 0.15) is 12.1 Å². The molecule has 45 heavy (non-hydrogen) atoms. The molecule has 0 aromatic carbocycles. The van der Waals surface area contributed by atoms with E-state index in [1.807, 2.05) is 0 Å². The number of fused-ring (bicyclic) bond motifs is 3. The summed E-state index contributed by atoms with van der Waals surface area (Å²) in [5.41, 5.74) is 12.0. The summed E-state index contributed by atoms with van der Waals surface area (Å²) in [6.45, 7) is 17.6. The third-order valence-corrected chi connectivity index (χ3v) is 14.9. The number of esters is 1. The third kappa shape index (κ3) is 5.05. The average Bonchev–Trinajstić information content (AvgIpc) is 2.98. The van der Waals surface area contributed by atoms with Gasteiger partial charge in [-0.3, -0.25) is 9.59 Å². The molecule has 8 nitrogen and oxygen atoms in total. The van der Waals surface area contributed by atoms with Gasteiger partial charge in [-0.05, 0) is 97.8 Å². The largest absolute Gasteiger partial charge is 0.481 e. The lowest BCUT2D eigenvalue weighted by Crippen LogP contribution is -2.70. The molecule has 4 aliphatic carbocycles. The first-order valence-electron chi connectivity index (χ1n) is 17.8. The lowest BCUT2D eigenvalue weighted by atomic mass is 9.34. The van der Waals surface area contributed by atoms with E-state index in [9.17, 15) is 14.7 Å². The number of aliphatic carboxylic acids is 1. The van der Waals surface area contributed by atoms with Crippen molar-refractivity contribution in [3.05, 3.63) is 11.6 Å². The van der Waals surface area contributed by atoms with Crippen molar-refractivity contribution < 1.29 is 28.9 Å². The highest BCUT2D eigenvalue weighted by Gasteiger charge is 2.72. The van der Waals surface area contributed by atoms with Crippen LogP contribution in [0, 0.1) is 56.7 Å². The van der Waals surface area contributed by atoms with Crippen LogP contribution in [0.15, 0.2) is 11.6 Å². The van der Waals surface area contributed by atoms with Gasteiger partial charge in [0.15, 0.2) is 0 Å². The zero-order chi connectivity index (χ0) is 33.2. The maximum atomic E-state index is 13.3. The van der Waals surface area contributed by atoms with Crippen molar-refractivity contribution >= 4 is 11.9 Å². The van der Waals surface area contributed by atoms with E-state index in [-0.39, 0.29) is 45.6 Å². The number of carboxylic acid groups (broad SMARTS) is 1. The van der Waals surface area contributed by atoms with Crippen LogP contribution in [-0.4, -0.2) is 62.2 Å². The number of nitrogens with two attached hydrogens (primary N) is 2. The second-order valence-electron chi connectivity index (χ2n) is 17.1. The molecule has 5 aliphatic rings. The van der Waals surface area contributed by atoms with E-state index >= 15 is 0 Å². The second kappa shape index (κ2) is 12.2. The standard InChI is InChI=1S/C37H62N2O6/c1-22(2)23(3)33(4)16-17-35(6)24-12-13-28-34(5)20-44-21-37(28,25(24)14-15-36(35,7)29(33)31(40)41)19-27(43-8)30(34)45-32(42)26(39)11-9-10-18-38/h14,22-24,26-30H,9-13,15-21,38-39H2,1-8H3,(H,40,41)/t23-,24+,26?,27-,28+,29-,30+,33-,34-,35-,36+,37+/m1/s1. The van der Waals surface area contributed by atoms with Crippen LogP contribution in [0.5, 0.6) is 0 Å². The molecule has 1 heterocycles. The zero-order valence-electron chi connectivity index (χ0n) is 29.3. The smallest absolute Gasteiger partial charge is 0.323 e. The number of carboxylic acids is 1. The first kappa shape index (κ1) is 34.8. The fourth-order valence-corrected chi connectivity index (χ4v) is 11.8. The minimum atomic E-state index is -0.680. The maximum absolute atomic E-state index is 13.3. The number of rotatable bonds is 10. The lowest BCUT2D eigenvalue weighted by molar-refractivity contribution is -0.263. The first-order chi connectivity index (χ1) is 21.1. The molecule has 0 spiro atoms. The molecular weight excluding hydrogens is 568 g/mol. The van der Waals surface area contributed by atoms with Crippen molar-refractivity contribution in [2.24, 2.45) is 68.1 Å². The van der Waals surface area contributed by atoms with Gasteiger partial charge in [0, 0.05) is 17.9 Å². The Morgan fingerprint density at radius 3 is 2.40 bits per heavy atom. The molecular formula is C37H62N2O6. The molecule has 5 rings (SSSR count). The number of hydrogen-bond acceptors (Lipinski definition) is 7. The van der Waals surface area contributed by atoms with E-state index in [1.165, 1.54) is 5.57 Å². The SMILES string of the molecule is CO[C@@H]1C[C@@]23COC[C@](C)([C@@H]2CC[C@H]2C3=CC[C@@]3(C)[C@H](C(=O)O)[C@@](C)([C@H](C)C(C)C)CC[C@]23C)[C@H]1OC(=O)C(N)CCCCN. The Hall–Kier alpha value is -1.48. The molecule has 2 bridgehead atoms. The highest BCUT2D eigenvalue weighted by atomic mass is 16.6. The van der Waals surface area contributed by atoms with E-state index in [1.54, 1.807) is 7.11 Å². The first-order valence-corrected chi connectivity index (χ1v) is 17.8. The van der Waals surface area contributed by atoms with Gasteiger partial charge in [0.2, 0.25) is 0 Å². The maximum Gasteiger partial charge on any atom is 0.323 e. The number of carbonyl (C=O) groups is 2. The molecule has 1 saturated heterocycles. The predicted molar refractivity (Wildman–Crippen MR) is 175 cm³/mol. The molecule has 0 radical (unpaired) electrons.